The second kappa shape index (κ2) is 6.87. The first-order chi connectivity index (χ1) is 13.0. The number of likely N-dealkylation sites (tertiary alicyclic amines) is 1. The Morgan fingerprint density at radius 3 is 2.81 bits per heavy atom. The molecule has 27 heavy (non-hydrogen) atoms. The maximum Gasteiger partial charge on any atom is 0.335 e. The zero-order chi connectivity index (χ0) is 19.0. The topological polar surface area (TPSA) is 75.4 Å². The molecule has 1 amide bonds. The quantitative estimate of drug-likeness (QED) is 0.775. The lowest BCUT2D eigenvalue weighted by Crippen LogP contribution is -2.39. The summed E-state index contributed by atoms with van der Waals surface area (Å²) in [6.45, 7) is 1.32. The molecule has 1 aliphatic heterocycles. The normalized spacial score (nSPS) is 17.2. The molecule has 1 saturated heterocycles. The Morgan fingerprint density at radius 2 is 2.00 bits per heavy atom. The van der Waals surface area contributed by atoms with Crippen LogP contribution in [0.5, 0.6) is 0 Å². The van der Waals surface area contributed by atoms with Crippen LogP contribution in [0, 0.1) is 0 Å². The van der Waals surface area contributed by atoms with Crippen LogP contribution < -0.4 is 0 Å². The third-order valence-corrected chi connectivity index (χ3v) is 5.29. The molecule has 6 nitrogen and oxygen atoms in total. The van der Waals surface area contributed by atoms with Crippen molar-refractivity contribution < 1.29 is 14.7 Å². The number of carbonyl (C=O) groups is 2. The Balaban J connectivity index is 1.55. The molecule has 1 atom stereocenters. The molecule has 0 aliphatic carbocycles. The van der Waals surface area contributed by atoms with E-state index < -0.39 is 5.97 Å². The Morgan fingerprint density at radius 1 is 1.15 bits per heavy atom. The van der Waals surface area contributed by atoms with Gasteiger partial charge >= 0.3 is 5.97 Å². The monoisotopic (exact) mass is 363 g/mol. The van der Waals surface area contributed by atoms with Crippen LogP contribution in [-0.2, 0) is 7.05 Å². The van der Waals surface area contributed by atoms with E-state index in [1.165, 1.54) is 0 Å². The Labute approximate surface area is 157 Å². The Hall–Kier alpha value is -3.15. The van der Waals surface area contributed by atoms with Crippen molar-refractivity contribution in [3.8, 4) is 0 Å². The summed E-state index contributed by atoms with van der Waals surface area (Å²) in [7, 11) is 1.93. The van der Waals surface area contributed by atoms with Crippen molar-refractivity contribution >= 4 is 22.9 Å². The number of fused-ring (bicyclic) bond motifs is 1. The maximum absolute atomic E-state index is 13.0. The molecule has 1 fully saturated rings. The average molecular weight is 363 g/mol. The van der Waals surface area contributed by atoms with E-state index >= 15 is 0 Å². The number of aromatic carboxylic acids is 1. The number of hydrogen-bond donors (Lipinski definition) is 1. The van der Waals surface area contributed by atoms with Crippen LogP contribution in [0.3, 0.4) is 0 Å². The van der Waals surface area contributed by atoms with Crippen LogP contribution in [0.15, 0.2) is 48.8 Å². The third kappa shape index (κ3) is 3.30. The van der Waals surface area contributed by atoms with Crippen molar-refractivity contribution in [3.63, 3.8) is 0 Å². The lowest BCUT2D eigenvalue weighted by atomic mass is 9.89. The molecule has 2 aromatic carbocycles. The number of amides is 1. The van der Waals surface area contributed by atoms with Crippen LogP contribution >= 0.6 is 0 Å². The minimum atomic E-state index is -0.927. The van der Waals surface area contributed by atoms with Gasteiger partial charge in [0, 0.05) is 31.6 Å². The molecular weight excluding hydrogens is 342 g/mol. The van der Waals surface area contributed by atoms with Gasteiger partial charge in [0.15, 0.2) is 0 Å². The molecule has 0 saturated carbocycles. The van der Waals surface area contributed by atoms with Gasteiger partial charge in [-0.25, -0.2) is 9.78 Å². The van der Waals surface area contributed by atoms with Gasteiger partial charge in [-0.15, -0.1) is 0 Å². The largest absolute Gasteiger partial charge is 0.478 e. The summed E-state index contributed by atoms with van der Waals surface area (Å²) in [5.74, 6) is -0.772. The molecule has 0 bridgehead atoms. The smallest absolute Gasteiger partial charge is 0.335 e. The van der Waals surface area contributed by atoms with E-state index in [0.29, 0.717) is 18.7 Å². The number of carboxylic acid groups (broad SMARTS) is 1. The summed E-state index contributed by atoms with van der Waals surface area (Å²) < 4.78 is 1.93. The van der Waals surface area contributed by atoms with Crippen LogP contribution in [-0.4, -0.2) is 44.5 Å². The van der Waals surface area contributed by atoms with E-state index in [1.807, 2.05) is 40.8 Å². The number of carbonyl (C=O) groups excluding carboxylic acids is 1. The van der Waals surface area contributed by atoms with Crippen molar-refractivity contribution in [1.29, 1.82) is 0 Å². The number of aryl methyl sites for hydroxylation is 1. The highest BCUT2D eigenvalue weighted by atomic mass is 16.4. The zero-order valence-electron chi connectivity index (χ0n) is 15.1. The zero-order valence-corrected chi connectivity index (χ0v) is 15.1. The van der Waals surface area contributed by atoms with E-state index in [1.54, 1.807) is 24.5 Å². The fourth-order valence-corrected chi connectivity index (χ4v) is 3.81. The molecule has 2 heterocycles. The molecule has 0 radical (unpaired) electrons. The summed E-state index contributed by atoms with van der Waals surface area (Å²) in [6.07, 6.45) is 3.59. The molecule has 6 heteroatoms. The van der Waals surface area contributed by atoms with E-state index in [9.17, 15) is 14.7 Å². The van der Waals surface area contributed by atoms with E-state index in [2.05, 4.69) is 4.98 Å². The summed E-state index contributed by atoms with van der Waals surface area (Å²) in [4.78, 5) is 30.4. The highest BCUT2D eigenvalue weighted by molar-refractivity contribution is 5.97. The molecule has 0 unspecified atom stereocenters. The summed E-state index contributed by atoms with van der Waals surface area (Å²) in [5, 5.41) is 9.21. The first-order valence-electron chi connectivity index (χ1n) is 9.06. The molecule has 1 aromatic heterocycles. The van der Waals surface area contributed by atoms with Gasteiger partial charge in [0.2, 0.25) is 0 Å². The van der Waals surface area contributed by atoms with E-state index in [0.717, 1.165) is 29.4 Å². The van der Waals surface area contributed by atoms with Crippen LogP contribution in [0.2, 0.25) is 0 Å². The predicted octanol–water partition coefficient (Wildman–Crippen LogP) is 3.29. The second-order valence-corrected chi connectivity index (χ2v) is 7.08. The fourth-order valence-electron chi connectivity index (χ4n) is 3.81. The van der Waals surface area contributed by atoms with Crippen LogP contribution in [0.1, 0.15) is 45.0 Å². The molecule has 0 spiro atoms. The Bertz CT molecular complexity index is 1020. The first kappa shape index (κ1) is 17.3. The predicted molar refractivity (Wildman–Crippen MR) is 102 cm³/mol. The number of benzene rings is 2. The SMILES string of the molecule is Cn1cnc2cc(C(=O)N3CCC[C@@H](c4cccc(C(=O)O)c4)C3)ccc21. The molecule has 4 rings (SSSR count). The van der Waals surface area contributed by atoms with Gasteiger partial charge < -0.3 is 14.6 Å². The number of imidazole rings is 1. The van der Waals surface area contributed by atoms with Gasteiger partial charge in [0.25, 0.3) is 5.91 Å². The summed E-state index contributed by atoms with van der Waals surface area (Å²) in [5.41, 5.74) is 3.71. The number of piperidine rings is 1. The number of hydrogen-bond acceptors (Lipinski definition) is 3. The van der Waals surface area contributed by atoms with Gasteiger partial charge in [-0.05, 0) is 48.7 Å². The van der Waals surface area contributed by atoms with Crippen molar-refractivity contribution in [2.24, 2.45) is 7.05 Å². The standard InChI is InChI=1S/C21H21N3O3/c1-23-13-22-18-11-15(7-8-19(18)23)20(25)24-9-3-6-17(12-24)14-4-2-5-16(10-14)21(26)27/h2,4-5,7-8,10-11,13,17H,3,6,9,12H2,1H3,(H,26,27)/t17-/m1/s1. The minimum Gasteiger partial charge on any atom is -0.478 e. The molecule has 1 aliphatic rings. The first-order valence-corrected chi connectivity index (χ1v) is 9.06. The molecule has 3 aromatic rings. The van der Waals surface area contributed by atoms with E-state index in [-0.39, 0.29) is 17.4 Å². The van der Waals surface area contributed by atoms with Crippen LogP contribution in [0.4, 0.5) is 0 Å². The minimum absolute atomic E-state index is 0.00152. The van der Waals surface area contributed by atoms with Crippen molar-refractivity contribution in [1.82, 2.24) is 14.5 Å². The van der Waals surface area contributed by atoms with E-state index in [4.69, 9.17) is 0 Å². The van der Waals surface area contributed by atoms with Crippen molar-refractivity contribution in [3.05, 3.63) is 65.5 Å². The van der Waals surface area contributed by atoms with Gasteiger partial charge in [0.1, 0.15) is 0 Å². The van der Waals surface area contributed by atoms with Gasteiger partial charge in [-0.1, -0.05) is 12.1 Å². The third-order valence-electron chi connectivity index (χ3n) is 5.29. The molecular formula is C21H21N3O3. The number of rotatable bonds is 3. The second-order valence-electron chi connectivity index (χ2n) is 7.08. The summed E-state index contributed by atoms with van der Waals surface area (Å²) in [6, 6.07) is 12.7. The maximum atomic E-state index is 13.0. The molecule has 1 N–H and O–H groups in total. The average Bonchev–Trinajstić information content (AvgIpc) is 3.08. The molecule has 138 valence electrons. The lowest BCUT2D eigenvalue weighted by molar-refractivity contribution is 0.0688. The fraction of sp³-hybridized carbons (Fsp3) is 0.286. The number of aromatic nitrogens is 2. The number of carboxylic acids is 1. The van der Waals surface area contributed by atoms with Crippen molar-refractivity contribution in [2.45, 2.75) is 18.8 Å². The van der Waals surface area contributed by atoms with Crippen molar-refractivity contribution in [2.75, 3.05) is 13.1 Å². The number of nitrogens with zero attached hydrogens (tertiary/aromatic N) is 3. The highest BCUT2D eigenvalue weighted by Gasteiger charge is 2.26. The summed E-state index contributed by atoms with van der Waals surface area (Å²) >= 11 is 0. The lowest BCUT2D eigenvalue weighted by Gasteiger charge is -2.33. The van der Waals surface area contributed by atoms with Crippen LogP contribution in [0.25, 0.3) is 11.0 Å². The van der Waals surface area contributed by atoms with Gasteiger partial charge in [-0.3, -0.25) is 4.79 Å². The Kier molecular flexibility index (Phi) is 4.39. The highest BCUT2D eigenvalue weighted by Crippen LogP contribution is 2.28. The van der Waals surface area contributed by atoms with Gasteiger partial charge in [0.05, 0.1) is 22.9 Å². The van der Waals surface area contributed by atoms with Gasteiger partial charge in [-0.2, -0.15) is 0 Å².